The summed E-state index contributed by atoms with van der Waals surface area (Å²) >= 11 is 0. The number of hydrogen-bond donors (Lipinski definition) is 0. The van der Waals surface area contributed by atoms with Crippen molar-refractivity contribution in [1.82, 2.24) is 0 Å². The number of carbonyl (C=O) groups is 1. The monoisotopic (exact) mass is 313 g/mol. The highest BCUT2D eigenvalue weighted by Crippen LogP contribution is 2.36. The molecule has 0 N–H and O–H groups in total. The molecule has 2 heterocycles. The molecule has 0 bridgehead atoms. The van der Waals surface area contributed by atoms with Crippen LogP contribution < -0.4 is 14.4 Å². The summed E-state index contributed by atoms with van der Waals surface area (Å²) < 4.78 is 24.1. The fourth-order valence-corrected chi connectivity index (χ4v) is 3.20. The third-order valence-corrected chi connectivity index (χ3v) is 4.41. The van der Waals surface area contributed by atoms with E-state index in [0.717, 1.165) is 24.1 Å². The quantitative estimate of drug-likeness (QED) is 0.808. The lowest BCUT2D eigenvalue weighted by Crippen LogP contribution is -2.42. The zero-order valence-corrected chi connectivity index (χ0v) is 12.7. The number of hydrogen-bond acceptors (Lipinski definition) is 3. The van der Waals surface area contributed by atoms with Crippen molar-refractivity contribution in [2.24, 2.45) is 0 Å². The molecule has 0 aliphatic carbocycles. The smallest absolute Gasteiger partial charge is 0.258 e. The van der Waals surface area contributed by atoms with E-state index >= 15 is 0 Å². The van der Waals surface area contributed by atoms with Crippen LogP contribution in [-0.4, -0.2) is 18.7 Å². The first-order valence-electron chi connectivity index (χ1n) is 7.65. The molecule has 2 aliphatic heterocycles. The Kier molecular flexibility index (Phi) is 3.22. The topological polar surface area (TPSA) is 38.8 Å². The molecule has 0 aromatic heterocycles. The highest BCUT2D eigenvalue weighted by Gasteiger charge is 2.30. The lowest BCUT2D eigenvalue weighted by molar-refractivity contribution is 0.0974. The number of amides is 1. The van der Waals surface area contributed by atoms with Gasteiger partial charge in [0.05, 0.1) is 0 Å². The zero-order valence-electron chi connectivity index (χ0n) is 12.7. The fraction of sp³-hybridized carbons (Fsp3) is 0.278. The van der Waals surface area contributed by atoms with Gasteiger partial charge in [-0.05, 0) is 61.7 Å². The van der Waals surface area contributed by atoms with E-state index in [9.17, 15) is 9.18 Å². The molecule has 5 heteroatoms. The van der Waals surface area contributed by atoms with Gasteiger partial charge in [-0.25, -0.2) is 4.39 Å². The highest BCUT2D eigenvalue weighted by molar-refractivity contribution is 6.07. The number of nitrogens with zero attached hydrogens (tertiary/aromatic N) is 1. The number of ether oxygens (including phenoxy) is 2. The van der Waals surface area contributed by atoms with Crippen molar-refractivity contribution < 1.29 is 18.7 Å². The van der Waals surface area contributed by atoms with Crippen LogP contribution >= 0.6 is 0 Å². The number of fused-ring (bicyclic) bond motifs is 2. The average molecular weight is 313 g/mol. The van der Waals surface area contributed by atoms with Crippen LogP contribution in [0.4, 0.5) is 10.1 Å². The highest BCUT2D eigenvalue weighted by atomic mass is 19.1. The predicted octanol–water partition coefficient (Wildman–Crippen LogP) is 3.54. The Bertz CT molecular complexity index is 790. The van der Waals surface area contributed by atoms with Crippen molar-refractivity contribution >= 4 is 11.6 Å². The van der Waals surface area contributed by atoms with Gasteiger partial charge in [0.2, 0.25) is 6.79 Å². The molecule has 0 spiro atoms. The van der Waals surface area contributed by atoms with Gasteiger partial charge in [-0.15, -0.1) is 0 Å². The van der Waals surface area contributed by atoms with Crippen LogP contribution in [0.1, 0.15) is 29.3 Å². The molecule has 1 amide bonds. The summed E-state index contributed by atoms with van der Waals surface area (Å²) in [7, 11) is 0. The molecule has 1 atom stereocenters. The molecule has 4 rings (SSSR count). The van der Waals surface area contributed by atoms with E-state index in [-0.39, 0.29) is 24.6 Å². The molecule has 2 aromatic carbocycles. The van der Waals surface area contributed by atoms with E-state index in [4.69, 9.17) is 9.47 Å². The van der Waals surface area contributed by atoms with Gasteiger partial charge in [-0.2, -0.15) is 0 Å². The molecule has 118 valence electrons. The van der Waals surface area contributed by atoms with Crippen LogP contribution in [0.25, 0.3) is 0 Å². The van der Waals surface area contributed by atoms with Crippen molar-refractivity contribution in [3.05, 3.63) is 53.3 Å². The van der Waals surface area contributed by atoms with Crippen LogP contribution in [0.15, 0.2) is 36.4 Å². The Morgan fingerprint density at radius 1 is 1.17 bits per heavy atom. The number of carbonyl (C=O) groups excluding carboxylic acids is 1. The fourth-order valence-electron chi connectivity index (χ4n) is 3.20. The van der Waals surface area contributed by atoms with Crippen molar-refractivity contribution in [2.75, 3.05) is 11.7 Å². The summed E-state index contributed by atoms with van der Waals surface area (Å²) in [6.07, 6.45) is 1.59. The summed E-state index contributed by atoms with van der Waals surface area (Å²) in [6.45, 7) is 2.19. The molecule has 2 aromatic rings. The molecule has 23 heavy (non-hydrogen) atoms. The van der Waals surface area contributed by atoms with Crippen LogP contribution in [0.2, 0.25) is 0 Å². The van der Waals surface area contributed by atoms with Gasteiger partial charge in [0.1, 0.15) is 5.82 Å². The molecule has 0 unspecified atom stereocenters. The predicted molar refractivity (Wildman–Crippen MR) is 83.6 cm³/mol. The second-order valence-corrected chi connectivity index (χ2v) is 5.90. The standard InChI is InChI=1S/C18H16FNO3/c1-11-2-3-12-8-14(19)5-6-15(12)20(11)18(21)13-4-7-16-17(9-13)23-10-22-16/h4-9,11H,2-3,10H2,1H3/t11-/m0/s1. The van der Waals surface area contributed by atoms with Crippen LogP contribution in [0, 0.1) is 5.82 Å². The first kappa shape index (κ1) is 14.1. The second-order valence-electron chi connectivity index (χ2n) is 5.90. The molecular weight excluding hydrogens is 297 g/mol. The number of benzene rings is 2. The molecule has 0 fully saturated rings. The van der Waals surface area contributed by atoms with Crippen LogP contribution in [0.5, 0.6) is 11.5 Å². The second kappa shape index (κ2) is 5.26. The van der Waals surface area contributed by atoms with E-state index in [2.05, 4.69) is 0 Å². The molecule has 2 aliphatic rings. The van der Waals surface area contributed by atoms with Gasteiger partial charge in [0, 0.05) is 17.3 Å². The Hall–Kier alpha value is -2.56. The minimum atomic E-state index is -0.270. The van der Waals surface area contributed by atoms with Gasteiger partial charge in [0.15, 0.2) is 11.5 Å². The van der Waals surface area contributed by atoms with Crippen molar-refractivity contribution in [3.63, 3.8) is 0 Å². The minimum absolute atomic E-state index is 0.0610. The SMILES string of the molecule is C[C@H]1CCc2cc(F)ccc2N1C(=O)c1ccc2c(c1)OCO2. The van der Waals surface area contributed by atoms with Crippen molar-refractivity contribution in [1.29, 1.82) is 0 Å². The number of anilines is 1. The lowest BCUT2D eigenvalue weighted by Gasteiger charge is -2.35. The third kappa shape index (κ3) is 2.32. The van der Waals surface area contributed by atoms with Gasteiger partial charge in [0.25, 0.3) is 5.91 Å². The largest absolute Gasteiger partial charge is 0.454 e. The maximum Gasteiger partial charge on any atom is 0.258 e. The van der Waals surface area contributed by atoms with Gasteiger partial charge in [-0.3, -0.25) is 4.79 Å². The molecular formula is C18H16FNO3. The minimum Gasteiger partial charge on any atom is -0.454 e. The van der Waals surface area contributed by atoms with E-state index in [1.165, 1.54) is 12.1 Å². The number of rotatable bonds is 1. The number of halogens is 1. The summed E-state index contributed by atoms with van der Waals surface area (Å²) in [4.78, 5) is 14.7. The molecule has 4 nitrogen and oxygen atoms in total. The van der Waals surface area contributed by atoms with E-state index in [1.54, 1.807) is 29.2 Å². The summed E-state index contributed by atoms with van der Waals surface area (Å²) in [6, 6.07) is 9.85. The summed E-state index contributed by atoms with van der Waals surface area (Å²) in [5.41, 5.74) is 2.20. The zero-order chi connectivity index (χ0) is 16.0. The van der Waals surface area contributed by atoms with Crippen LogP contribution in [-0.2, 0) is 6.42 Å². The van der Waals surface area contributed by atoms with E-state index in [0.29, 0.717) is 17.1 Å². The van der Waals surface area contributed by atoms with Crippen LogP contribution in [0.3, 0.4) is 0 Å². The van der Waals surface area contributed by atoms with Crippen molar-refractivity contribution in [2.45, 2.75) is 25.8 Å². The van der Waals surface area contributed by atoms with E-state index < -0.39 is 0 Å². The van der Waals surface area contributed by atoms with Gasteiger partial charge >= 0.3 is 0 Å². The Balaban J connectivity index is 1.73. The maximum absolute atomic E-state index is 13.5. The maximum atomic E-state index is 13.5. The first-order valence-corrected chi connectivity index (χ1v) is 7.65. The third-order valence-electron chi connectivity index (χ3n) is 4.41. The van der Waals surface area contributed by atoms with Crippen molar-refractivity contribution in [3.8, 4) is 11.5 Å². The Morgan fingerprint density at radius 2 is 2.00 bits per heavy atom. The Labute approximate surface area is 133 Å². The number of aryl methyl sites for hydroxylation is 1. The molecule has 0 saturated heterocycles. The normalized spacial score (nSPS) is 18.7. The van der Waals surface area contributed by atoms with E-state index in [1.807, 2.05) is 6.92 Å². The lowest BCUT2D eigenvalue weighted by atomic mass is 9.95. The molecule has 0 saturated carbocycles. The molecule has 0 radical (unpaired) electrons. The first-order chi connectivity index (χ1) is 11.1. The van der Waals surface area contributed by atoms with Gasteiger partial charge in [-0.1, -0.05) is 0 Å². The Morgan fingerprint density at radius 3 is 2.87 bits per heavy atom. The summed E-state index contributed by atoms with van der Waals surface area (Å²) in [5.74, 6) is 0.854. The summed E-state index contributed by atoms with van der Waals surface area (Å²) in [5, 5.41) is 0. The average Bonchev–Trinajstić information content (AvgIpc) is 3.02. The van der Waals surface area contributed by atoms with Gasteiger partial charge < -0.3 is 14.4 Å².